The third kappa shape index (κ3) is 4.26. The molecule has 3 aromatic rings. The molecule has 2 aromatic carbocycles. The zero-order valence-corrected chi connectivity index (χ0v) is 16.1. The maximum Gasteiger partial charge on any atom is 0.257 e. The van der Waals surface area contributed by atoms with Crippen molar-refractivity contribution in [3.8, 4) is 0 Å². The number of piperazine rings is 1. The molecule has 1 saturated heterocycles. The number of benzene rings is 2. The van der Waals surface area contributed by atoms with E-state index >= 15 is 0 Å². The first kappa shape index (κ1) is 18.3. The van der Waals surface area contributed by atoms with Crippen LogP contribution in [0.4, 0.5) is 17.1 Å². The monoisotopic (exact) mass is 392 g/mol. The summed E-state index contributed by atoms with van der Waals surface area (Å²) in [6.45, 7) is 3.50. The lowest BCUT2D eigenvalue weighted by Crippen LogP contribution is -2.46. The second-order valence-electron chi connectivity index (χ2n) is 6.71. The van der Waals surface area contributed by atoms with Crippen molar-refractivity contribution in [2.24, 2.45) is 0 Å². The van der Waals surface area contributed by atoms with Crippen LogP contribution >= 0.6 is 11.6 Å². The Hall–Kier alpha value is -3.05. The van der Waals surface area contributed by atoms with Crippen LogP contribution in [0.15, 0.2) is 73.1 Å². The Morgan fingerprint density at radius 2 is 1.57 bits per heavy atom. The Labute approximate surface area is 169 Å². The third-order valence-electron chi connectivity index (χ3n) is 4.84. The van der Waals surface area contributed by atoms with E-state index in [1.807, 2.05) is 60.8 Å². The highest BCUT2D eigenvalue weighted by Crippen LogP contribution is 2.23. The molecule has 142 valence electrons. The number of nitrogens with one attached hydrogen (secondary N) is 1. The number of pyridine rings is 1. The number of hydrogen-bond acceptors (Lipinski definition) is 4. The predicted octanol–water partition coefficient (Wildman–Crippen LogP) is 4.31. The number of carbonyl (C=O) groups excluding carboxylic acids is 1. The number of nitrogens with zero attached hydrogens (tertiary/aromatic N) is 3. The van der Waals surface area contributed by atoms with Crippen molar-refractivity contribution in [3.05, 3.63) is 83.6 Å². The van der Waals surface area contributed by atoms with Gasteiger partial charge < -0.3 is 15.1 Å². The predicted molar refractivity (Wildman–Crippen MR) is 115 cm³/mol. The molecule has 1 amide bonds. The second kappa shape index (κ2) is 8.31. The number of aromatic nitrogens is 1. The third-order valence-corrected chi connectivity index (χ3v) is 5.07. The van der Waals surface area contributed by atoms with Crippen LogP contribution in [0.5, 0.6) is 0 Å². The van der Waals surface area contributed by atoms with Crippen molar-refractivity contribution in [1.82, 2.24) is 4.98 Å². The number of anilines is 3. The zero-order valence-electron chi connectivity index (χ0n) is 15.4. The van der Waals surface area contributed by atoms with Crippen molar-refractivity contribution in [2.75, 3.05) is 41.3 Å². The Morgan fingerprint density at radius 3 is 2.29 bits per heavy atom. The normalized spacial score (nSPS) is 14.0. The van der Waals surface area contributed by atoms with Gasteiger partial charge >= 0.3 is 0 Å². The van der Waals surface area contributed by atoms with Gasteiger partial charge in [0, 0.05) is 48.8 Å². The maximum atomic E-state index is 12.5. The lowest BCUT2D eigenvalue weighted by molar-refractivity contribution is 0.102. The molecular formula is C22H21ClN4O. The molecule has 0 radical (unpaired) electrons. The SMILES string of the molecule is O=C(Nc1ccccc1)c1cncc(N2CCN(c3cccc(Cl)c3)CC2)c1. The highest BCUT2D eigenvalue weighted by Gasteiger charge is 2.19. The Bertz CT molecular complexity index is 956. The molecule has 2 heterocycles. The van der Waals surface area contributed by atoms with Crippen LogP contribution in [0.2, 0.25) is 5.02 Å². The Morgan fingerprint density at radius 1 is 0.857 bits per heavy atom. The molecular weight excluding hydrogens is 372 g/mol. The smallest absolute Gasteiger partial charge is 0.257 e. The number of rotatable bonds is 4. The molecule has 4 rings (SSSR count). The van der Waals surface area contributed by atoms with E-state index in [1.54, 1.807) is 6.20 Å². The largest absolute Gasteiger partial charge is 0.368 e. The minimum atomic E-state index is -0.155. The fourth-order valence-electron chi connectivity index (χ4n) is 3.35. The van der Waals surface area contributed by atoms with Crippen molar-refractivity contribution < 1.29 is 4.79 Å². The molecule has 1 fully saturated rings. The maximum absolute atomic E-state index is 12.5. The molecule has 0 aliphatic carbocycles. The average molecular weight is 393 g/mol. The van der Waals surface area contributed by atoms with E-state index in [1.165, 1.54) is 0 Å². The summed E-state index contributed by atoms with van der Waals surface area (Å²) in [6.07, 6.45) is 3.42. The molecule has 1 aliphatic rings. The van der Waals surface area contributed by atoms with E-state index in [0.717, 1.165) is 48.3 Å². The summed E-state index contributed by atoms with van der Waals surface area (Å²) in [7, 11) is 0. The van der Waals surface area contributed by atoms with Gasteiger partial charge in [-0.15, -0.1) is 0 Å². The van der Waals surface area contributed by atoms with Gasteiger partial charge in [-0.25, -0.2) is 0 Å². The molecule has 0 atom stereocenters. The minimum Gasteiger partial charge on any atom is -0.368 e. The fourth-order valence-corrected chi connectivity index (χ4v) is 3.53. The first-order valence-corrected chi connectivity index (χ1v) is 9.64. The van der Waals surface area contributed by atoms with Crippen LogP contribution in [0.1, 0.15) is 10.4 Å². The lowest BCUT2D eigenvalue weighted by Gasteiger charge is -2.37. The van der Waals surface area contributed by atoms with Gasteiger partial charge in [0.1, 0.15) is 0 Å². The summed E-state index contributed by atoms with van der Waals surface area (Å²) < 4.78 is 0. The topological polar surface area (TPSA) is 48.5 Å². The van der Waals surface area contributed by atoms with E-state index in [-0.39, 0.29) is 5.91 Å². The summed E-state index contributed by atoms with van der Waals surface area (Å²) >= 11 is 6.11. The van der Waals surface area contributed by atoms with Crippen LogP contribution in [-0.2, 0) is 0 Å². The zero-order chi connectivity index (χ0) is 19.3. The molecule has 1 aliphatic heterocycles. The molecule has 28 heavy (non-hydrogen) atoms. The van der Waals surface area contributed by atoms with Gasteiger partial charge in [0.2, 0.25) is 0 Å². The average Bonchev–Trinajstić information content (AvgIpc) is 2.75. The van der Waals surface area contributed by atoms with Crippen LogP contribution in [0.3, 0.4) is 0 Å². The number of amides is 1. The van der Waals surface area contributed by atoms with E-state index in [0.29, 0.717) is 5.56 Å². The molecule has 0 bridgehead atoms. The molecule has 1 N–H and O–H groups in total. The summed E-state index contributed by atoms with van der Waals surface area (Å²) in [5, 5.41) is 3.66. The molecule has 0 unspecified atom stereocenters. The first-order chi connectivity index (χ1) is 13.7. The molecule has 1 aromatic heterocycles. The highest BCUT2D eigenvalue weighted by molar-refractivity contribution is 6.30. The minimum absolute atomic E-state index is 0.155. The molecule has 0 saturated carbocycles. The fraction of sp³-hybridized carbons (Fsp3) is 0.182. The van der Waals surface area contributed by atoms with E-state index in [2.05, 4.69) is 26.2 Å². The van der Waals surface area contributed by atoms with E-state index < -0.39 is 0 Å². The number of hydrogen-bond donors (Lipinski definition) is 1. The number of halogens is 1. The Balaban J connectivity index is 1.42. The number of carbonyl (C=O) groups is 1. The van der Waals surface area contributed by atoms with Gasteiger partial charge in [-0.05, 0) is 36.4 Å². The van der Waals surface area contributed by atoms with Gasteiger partial charge in [0.25, 0.3) is 5.91 Å². The van der Waals surface area contributed by atoms with Crippen LogP contribution < -0.4 is 15.1 Å². The Kier molecular flexibility index (Phi) is 5.44. The molecule has 0 spiro atoms. The standard InChI is InChI=1S/C22H21ClN4O/c23-18-5-4-8-20(14-18)26-9-11-27(12-10-26)21-13-17(15-24-16-21)22(28)25-19-6-2-1-3-7-19/h1-8,13-16H,9-12H2,(H,25,28). The van der Waals surface area contributed by atoms with Gasteiger partial charge in [-0.2, -0.15) is 0 Å². The second-order valence-corrected chi connectivity index (χ2v) is 7.14. The first-order valence-electron chi connectivity index (χ1n) is 9.26. The summed E-state index contributed by atoms with van der Waals surface area (Å²) in [6, 6.07) is 19.3. The van der Waals surface area contributed by atoms with Crippen molar-refractivity contribution >= 4 is 34.6 Å². The quantitative estimate of drug-likeness (QED) is 0.718. The highest BCUT2D eigenvalue weighted by atomic mass is 35.5. The van der Waals surface area contributed by atoms with Gasteiger partial charge in [-0.3, -0.25) is 9.78 Å². The summed E-state index contributed by atoms with van der Waals surface area (Å²) in [5.74, 6) is -0.155. The van der Waals surface area contributed by atoms with Crippen molar-refractivity contribution in [2.45, 2.75) is 0 Å². The van der Waals surface area contributed by atoms with Crippen LogP contribution in [0, 0.1) is 0 Å². The van der Waals surface area contributed by atoms with Crippen LogP contribution in [0.25, 0.3) is 0 Å². The molecule has 6 heteroatoms. The summed E-state index contributed by atoms with van der Waals surface area (Å²) in [5.41, 5.74) is 3.43. The van der Waals surface area contributed by atoms with Crippen LogP contribution in [-0.4, -0.2) is 37.1 Å². The lowest BCUT2D eigenvalue weighted by atomic mass is 10.2. The van der Waals surface area contributed by atoms with E-state index in [4.69, 9.17) is 11.6 Å². The number of para-hydroxylation sites is 1. The van der Waals surface area contributed by atoms with Crippen molar-refractivity contribution in [3.63, 3.8) is 0 Å². The summed E-state index contributed by atoms with van der Waals surface area (Å²) in [4.78, 5) is 21.4. The van der Waals surface area contributed by atoms with Crippen molar-refractivity contribution in [1.29, 1.82) is 0 Å². The van der Waals surface area contributed by atoms with Gasteiger partial charge in [-0.1, -0.05) is 35.9 Å². The van der Waals surface area contributed by atoms with E-state index in [9.17, 15) is 4.79 Å². The molecule has 5 nitrogen and oxygen atoms in total. The van der Waals surface area contributed by atoms with Gasteiger partial charge in [0.05, 0.1) is 17.4 Å². The van der Waals surface area contributed by atoms with Gasteiger partial charge in [0.15, 0.2) is 0 Å².